The van der Waals surface area contributed by atoms with E-state index >= 15 is 0 Å². The second kappa shape index (κ2) is 7.39. The minimum absolute atomic E-state index is 0.170. The Morgan fingerprint density at radius 2 is 1.92 bits per heavy atom. The maximum Gasteiger partial charge on any atom is 0.277 e. The van der Waals surface area contributed by atoms with Crippen LogP contribution in [0.15, 0.2) is 9.21 Å². The van der Waals surface area contributed by atoms with E-state index in [1.807, 2.05) is 7.05 Å². The van der Waals surface area contributed by atoms with Crippen molar-refractivity contribution in [1.82, 2.24) is 15.1 Å². The molecule has 1 saturated carbocycles. The van der Waals surface area contributed by atoms with Crippen LogP contribution in [-0.2, 0) is 4.79 Å². The minimum atomic E-state index is -0.357. The number of hydrogen-bond acceptors (Lipinski definition) is 5. The van der Waals surface area contributed by atoms with Gasteiger partial charge < -0.3 is 4.42 Å². The summed E-state index contributed by atoms with van der Waals surface area (Å²) in [5, 5.41) is 10.2. The van der Waals surface area contributed by atoms with E-state index < -0.39 is 0 Å². The molecule has 136 valence electrons. The summed E-state index contributed by atoms with van der Waals surface area (Å²) in [4.78, 5) is 26.7. The number of aryl methyl sites for hydroxylation is 2. The lowest BCUT2D eigenvalue weighted by Crippen LogP contribution is -2.37. The molecule has 2 aromatic rings. The normalized spacial score (nSPS) is 16.3. The lowest BCUT2D eigenvalue weighted by Gasteiger charge is -2.26. The van der Waals surface area contributed by atoms with Crippen molar-refractivity contribution < 1.29 is 9.21 Å². The third-order valence-electron chi connectivity index (χ3n) is 5.09. The Kier molecular flexibility index (Phi) is 5.22. The van der Waals surface area contributed by atoms with Crippen LogP contribution in [0.25, 0.3) is 10.8 Å². The largest absolute Gasteiger partial charge is 0.444 e. The number of carbonyl (C=O) groups is 1. The van der Waals surface area contributed by atoms with Gasteiger partial charge in [-0.05, 0) is 33.7 Å². The number of nitrogens with zero attached hydrogens (tertiary/aromatic N) is 2. The molecular formula is C18H26N4O3. The van der Waals surface area contributed by atoms with Gasteiger partial charge in [0.15, 0.2) is 0 Å². The Morgan fingerprint density at radius 1 is 1.24 bits per heavy atom. The molecule has 2 aromatic heterocycles. The molecule has 1 fully saturated rings. The molecule has 0 spiro atoms. The molecule has 0 bridgehead atoms. The Morgan fingerprint density at radius 3 is 2.60 bits per heavy atom. The van der Waals surface area contributed by atoms with Gasteiger partial charge in [0.1, 0.15) is 11.1 Å². The van der Waals surface area contributed by atoms with Gasteiger partial charge in [0.05, 0.1) is 17.6 Å². The molecule has 0 aromatic carbocycles. The fourth-order valence-electron chi connectivity index (χ4n) is 3.75. The number of fused-ring (bicyclic) bond motifs is 1. The van der Waals surface area contributed by atoms with Crippen LogP contribution in [0.1, 0.15) is 50.0 Å². The van der Waals surface area contributed by atoms with Crippen molar-refractivity contribution in [3.63, 3.8) is 0 Å². The van der Waals surface area contributed by atoms with E-state index in [0.717, 1.165) is 12.8 Å². The number of rotatable bonds is 4. The number of hydrogen-bond donors (Lipinski definition) is 2. The molecule has 0 aliphatic heterocycles. The fraction of sp³-hybridized carbons (Fsp3) is 0.611. The Bertz CT molecular complexity index is 816. The van der Waals surface area contributed by atoms with Crippen molar-refractivity contribution in [3.8, 4) is 0 Å². The second-order valence-electron chi connectivity index (χ2n) is 6.98. The summed E-state index contributed by atoms with van der Waals surface area (Å²) in [5.41, 5.74) is 0.316. The Labute approximate surface area is 146 Å². The van der Waals surface area contributed by atoms with Crippen molar-refractivity contribution in [2.75, 3.05) is 18.9 Å². The van der Waals surface area contributed by atoms with Crippen LogP contribution in [0.4, 0.5) is 5.88 Å². The number of aromatic amines is 1. The van der Waals surface area contributed by atoms with Crippen LogP contribution in [0.5, 0.6) is 0 Å². The molecule has 0 saturated heterocycles. The first-order valence-corrected chi connectivity index (χ1v) is 8.96. The molecule has 2 N–H and O–H groups in total. The van der Waals surface area contributed by atoms with E-state index in [4.69, 9.17) is 4.42 Å². The Hall–Kier alpha value is -2.15. The van der Waals surface area contributed by atoms with Gasteiger partial charge in [-0.2, -0.15) is 5.10 Å². The summed E-state index contributed by atoms with van der Waals surface area (Å²) < 4.78 is 5.63. The third kappa shape index (κ3) is 3.76. The first-order chi connectivity index (χ1) is 12.0. The molecule has 3 rings (SSSR count). The average Bonchev–Trinajstić information content (AvgIpc) is 2.76. The smallest absolute Gasteiger partial charge is 0.277 e. The van der Waals surface area contributed by atoms with Crippen LogP contribution in [0.2, 0.25) is 0 Å². The zero-order valence-corrected chi connectivity index (χ0v) is 15.1. The van der Waals surface area contributed by atoms with Crippen molar-refractivity contribution in [3.05, 3.63) is 21.8 Å². The van der Waals surface area contributed by atoms with Gasteiger partial charge in [-0.3, -0.25) is 19.8 Å². The summed E-state index contributed by atoms with van der Waals surface area (Å²) in [7, 11) is 1.99. The van der Waals surface area contributed by atoms with Gasteiger partial charge in [-0.15, -0.1) is 0 Å². The predicted octanol–water partition coefficient (Wildman–Crippen LogP) is 2.73. The second-order valence-corrected chi connectivity index (χ2v) is 6.98. The van der Waals surface area contributed by atoms with Gasteiger partial charge in [-0.1, -0.05) is 25.7 Å². The molecule has 25 heavy (non-hydrogen) atoms. The van der Waals surface area contributed by atoms with Crippen molar-refractivity contribution in [2.24, 2.45) is 0 Å². The molecule has 2 heterocycles. The number of likely N-dealkylation sites (N-methyl/N-ethyl adjacent to an activating group) is 1. The zero-order valence-electron chi connectivity index (χ0n) is 15.1. The van der Waals surface area contributed by atoms with Crippen LogP contribution in [-0.4, -0.2) is 40.6 Å². The number of carbonyl (C=O) groups excluding carboxylic acids is 1. The van der Waals surface area contributed by atoms with Crippen LogP contribution in [0, 0.1) is 13.8 Å². The third-order valence-corrected chi connectivity index (χ3v) is 5.09. The summed E-state index contributed by atoms with van der Waals surface area (Å²) in [6.07, 6.45) is 7.28. The van der Waals surface area contributed by atoms with Crippen LogP contribution >= 0.6 is 0 Å². The highest BCUT2D eigenvalue weighted by Crippen LogP contribution is 2.28. The van der Waals surface area contributed by atoms with Crippen LogP contribution < -0.4 is 10.9 Å². The number of aromatic nitrogens is 2. The topological polar surface area (TPSA) is 91.2 Å². The lowest BCUT2D eigenvalue weighted by atomic mass is 10.1. The molecule has 7 nitrogen and oxygen atoms in total. The quantitative estimate of drug-likeness (QED) is 0.831. The number of nitrogens with one attached hydrogen (secondary N) is 2. The summed E-state index contributed by atoms with van der Waals surface area (Å²) in [6.45, 7) is 3.85. The van der Waals surface area contributed by atoms with Crippen molar-refractivity contribution in [2.45, 2.75) is 58.4 Å². The van der Waals surface area contributed by atoms with E-state index in [2.05, 4.69) is 20.4 Å². The maximum atomic E-state index is 12.5. The van der Waals surface area contributed by atoms with E-state index in [1.54, 1.807) is 13.8 Å². The highest BCUT2D eigenvalue weighted by molar-refractivity contribution is 6.01. The SMILES string of the molecule is Cc1n[nH]c(=O)c2c(NC(=O)CN(C)C3CCCCCC3)oc(C)c12. The van der Waals surface area contributed by atoms with Gasteiger partial charge in [0, 0.05) is 6.04 Å². The van der Waals surface area contributed by atoms with E-state index in [-0.39, 0.29) is 23.9 Å². The number of anilines is 1. The van der Waals surface area contributed by atoms with Gasteiger partial charge in [-0.25, -0.2) is 5.10 Å². The zero-order chi connectivity index (χ0) is 18.0. The number of furan rings is 1. The molecule has 7 heteroatoms. The van der Waals surface area contributed by atoms with Gasteiger partial charge in [0.2, 0.25) is 11.8 Å². The molecule has 1 amide bonds. The predicted molar refractivity (Wildman–Crippen MR) is 96.9 cm³/mol. The molecule has 0 atom stereocenters. The lowest BCUT2D eigenvalue weighted by molar-refractivity contribution is -0.117. The van der Waals surface area contributed by atoms with E-state index in [9.17, 15) is 9.59 Å². The fourth-order valence-corrected chi connectivity index (χ4v) is 3.75. The maximum absolute atomic E-state index is 12.5. The van der Waals surface area contributed by atoms with Gasteiger partial charge in [0.25, 0.3) is 5.56 Å². The first kappa shape index (κ1) is 17.7. The Balaban J connectivity index is 1.74. The number of amides is 1. The van der Waals surface area contributed by atoms with Gasteiger partial charge >= 0.3 is 0 Å². The summed E-state index contributed by atoms with van der Waals surface area (Å²) in [5.74, 6) is 0.619. The summed E-state index contributed by atoms with van der Waals surface area (Å²) >= 11 is 0. The van der Waals surface area contributed by atoms with E-state index in [0.29, 0.717) is 28.3 Å². The number of H-pyrrole nitrogens is 1. The minimum Gasteiger partial charge on any atom is -0.444 e. The molecule has 1 aliphatic rings. The van der Waals surface area contributed by atoms with Crippen LogP contribution in [0.3, 0.4) is 0 Å². The molecule has 0 radical (unpaired) electrons. The molecular weight excluding hydrogens is 320 g/mol. The monoisotopic (exact) mass is 346 g/mol. The highest BCUT2D eigenvalue weighted by Gasteiger charge is 2.22. The highest BCUT2D eigenvalue weighted by atomic mass is 16.4. The average molecular weight is 346 g/mol. The van der Waals surface area contributed by atoms with Crippen molar-refractivity contribution in [1.29, 1.82) is 0 Å². The summed E-state index contributed by atoms with van der Waals surface area (Å²) in [6, 6.07) is 0.443. The van der Waals surface area contributed by atoms with Crippen molar-refractivity contribution >= 4 is 22.6 Å². The molecule has 0 unspecified atom stereocenters. The first-order valence-electron chi connectivity index (χ1n) is 8.96. The standard InChI is InChI=1S/C18H26N4O3/c1-11-15-12(2)25-18(16(15)17(24)21-20-11)19-14(23)10-22(3)13-8-6-4-5-7-9-13/h13H,4-10H2,1-3H3,(H,19,23)(H,21,24). The molecule has 1 aliphatic carbocycles. The van der Waals surface area contributed by atoms with E-state index in [1.165, 1.54) is 25.7 Å².